The summed E-state index contributed by atoms with van der Waals surface area (Å²) in [5, 5.41) is 21.6. The van der Waals surface area contributed by atoms with Gasteiger partial charge in [0.25, 0.3) is 0 Å². The quantitative estimate of drug-likeness (QED) is 0.0877. The Morgan fingerprint density at radius 2 is 1.68 bits per heavy atom. The Hall–Kier alpha value is -4.76. The number of amides is 1. The Bertz CT molecular complexity index is 2250. The number of hydrogen-bond acceptors (Lipinski definition) is 16. The van der Waals surface area contributed by atoms with Crippen LogP contribution in [0.3, 0.4) is 0 Å². The highest BCUT2D eigenvalue weighted by Gasteiger charge is 2.60. The van der Waals surface area contributed by atoms with Crippen molar-refractivity contribution in [1.82, 2.24) is 29.9 Å². The van der Waals surface area contributed by atoms with Gasteiger partial charge in [0.15, 0.2) is 17.7 Å². The average Bonchev–Trinajstić information content (AvgIpc) is 3.90. The summed E-state index contributed by atoms with van der Waals surface area (Å²) in [6, 6.07) is 9.39. The number of Topliss-reactive ketones (excluding diaryl/α,β-unsaturated/α-hetero) is 2. The molecule has 3 fully saturated rings. The molecule has 1 aromatic carbocycles. The molecule has 3 aromatic rings. The van der Waals surface area contributed by atoms with E-state index in [0.717, 1.165) is 27.4 Å². The van der Waals surface area contributed by atoms with Crippen molar-refractivity contribution in [2.24, 2.45) is 29.5 Å². The largest absolute Gasteiger partial charge is 0.458 e. The number of aromatic nitrogens is 4. The molecule has 3 aliphatic rings. The summed E-state index contributed by atoms with van der Waals surface area (Å²) >= 11 is 0. The number of carbonyl (C=O) groups excluding carboxylic acids is 4. The fraction of sp³-hybridized carbons (Fsp3) is 0.660. The van der Waals surface area contributed by atoms with Crippen molar-refractivity contribution in [1.29, 1.82) is 0 Å². The number of hydrazine groups is 1. The fourth-order valence-electron chi connectivity index (χ4n) is 10.7. The number of likely N-dealkylation sites (N-methyl/N-ethyl adjacent to an activating group) is 1. The van der Waals surface area contributed by atoms with Gasteiger partial charge in [0.05, 0.1) is 23.5 Å². The number of aliphatic hydroxyl groups is 1. The lowest BCUT2D eigenvalue weighted by Gasteiger charge is -2.47. The zero-order valence-corrected chi connectivity index (χ0v) is 42.0. The second-order valence-corrected chi connectivity index (χ2v) is 19.7. The van der Waals surface area contributed by atoms with Gasteiger partial charge in [-0.2, -0.15) is 0 Å². The first kappa shape index (κ1) is 53.6. The number of carbonyl (C=O) groups is 4. The van der Waals surface area contributed by atoms with Crippen LogP contribution >= 0.6 is 0 Å². The normalized spacial score (nSPS) is 33.7. The molecule has 3 saturated heterocycles. The maximum atomic E-state index is 14.8. The van der Waals surface area contributed by atoms with Crippen LogP contribution in [0.1, 0.15) is 104 Å². The van der Waals surface area contributed by atoms with E-state index in [4.69, 9.17) is 34.3 Å². The smallest absolute Gasteiger partial charge is 0.425 e. The predicted molar refractivity (Wildman–Crippen MR) is 251 cm³/mol. The van der Waals surface area contributed by atoms with Gasteiger partial charge in [0.1, 0.15) is 48.8 Å². The van der Waals surface area contributed by atoms with E-state index >= 15 is 0 Å². The van der Waals surface area contributed by atoms with E-state index in [1.54, 1.807) is 47.7 Å². The average molecular weight is 966 g/mol. The van der Waals surface area contributed by atoms with Crippen LogP contribution in [0.2, 0.25) is 0 Å². The number of benzene rings is 1. The fourth-order valence-corrected chi connectivity index (χ4v) is 10.7. The molecule has 0 radical (unpaired) electrons. The Morgan fingerprint density at radius 1 is 1.00 bits per heavy atom. The second kappa shape index (κ2) is 22.1. The van der Waals surface area contributed by atoms with Gasteiger partial charge >= 0.3 is 12.1 Å². The summed E-state index contributed by atoms with van der Waals surface area (Å²) in [6.07, 6.45) is -2.01. The number of halogens is 1. The molecule has 6 rings (SSSR count). The number of rotatable bonds is 14. The SMILES string of the molecule is CC[C@H]1OC(=O)[C@H](C)C(=O)[C@H](C)[C@@H](O[C@@H]2O[C@H](C)C[C@H](N(C)CCc3cn(C(CF)[C@H](OC)c4ccc(-c5ccc(C)nc5)cc4)nn3)[C@H]2O)[C@](C)(OC)C[C@@H](C)C(=O)[C@H](C)[C@H]2N(N)C(=O)O[C@]12C. The van der Waals surface area contributed by atoms with E-state index in [-0.39, 0.29) is 18.6 Å². The van der Waals surface area contributed by atoms with E-state index in [0.29, 0.717) is 25.1 Å². The number of ketones is 2. The Labute approximate surface area is 404 Å². The molecule has 0 saturated carbocycles. The Morgan fingerprint density at radius 3 is 2.29 bits per heavy atom. The van der Waals surface area contributed by atoms with Gasteiger partial charge in [-0.15, -0.1) is 5.10 Å². The molecule has 15 atom stereocenters. The number of fused-ring (bicyclic) bond motifs is 1. The van der Waals surface area contributed by atoms with Gasteiger partial charge < -0.3 is 38.4 Å². The number of pyridine rings is 1. The molecule has 0 spiro atoms. The number of cyclic esters (lactones) is 1. The Kier molecular flexibility index (Phi) is 17.2. The molecule has 3 aliphatic heterocycles. The molecule has 1 amide bonds. The lowest BCUT2D eigenvalue weighted by molar-refractivity contribution is -0.296. The standard InChI is InChI=1S/C50H72FN7O11/c1-13-39-50(9)44(58(52)48(63)69-50)30(5)40(59)27(2)23-49(8,65-12)45(31(6)41(60)32(7)46(62)67-39)68-47-42(61)37(22-29(4)66-47)56(10)21-20-36-26-57(55-54-36)38(24-51)43(64-11)34-18-16-33(17-19-34)35-15-14-28(3)53-25-35/h14-19,25-27,29-32,37-39,42-45,47,61H,13,20-24,52H2,1-12H3/t27-,29-,30+,31+,32-,37+,38?,39-,42-,43-,44-,45-,47+,49-,50-/m1/s1. The Balaban J connectivity index is 1.18. The zero-order valence-electron chi connectivity index (χ0n) is 42.0. The van der Waals surface area contributed by atoms with Gasteiger partial charge in [0.2, 0.25) is 0 Å². The maximum Gasteiger partial charge on any atom is 0.425 e. The first-order valence-electron chi connectivity index (χ1n) is 23.9. The van der Waals surface area contributed by atoms with Crippen LogP contribution in [0, 0.1) is 30.6 Å². The van der Waals surface area contributed by atoms with Gasteiger partial charge in [-0.1, -0.05) is 63.2 Å². The number of aliphatic hydroxyl groups excluding tert-OH is 1. The molecule has 2 aromatic heterocycles. The molecule has 19 heteroatoms. The van der Waals surface area contributed by atoms with Crippen LogP contribution < -0.4 is 5.84 Å². The number of nitrogens with zero attached hydrogens (tertiary/aromatic N) is 6. The van der Waals surface area contributed by atoms with Crippen molar-refractivity contribution in [2.75, 3.05) is 34.5 Å². The minimum atomic E-state index is -1.51. The van der Waals surface area contributed by atoms with E-state index in [1.165, 1.54) is 25.8 Å². The molecule has 3 N–H and O–H groups in total. The molecule has 0 aliphatic carbocycles. The molecule has 5 heterocycles. The van der Waals surface area contributed by atoms with Crippen molar-refractivity contribution < 1.29 is 57.1 Å². The van der Waals surface area contributed by atoms with Crippen LogP contribution in [0.15, 0.2) is 48.8 Å². The molecule has 0 bridgehead atoms. The summed E-state index contributed by atoms with van der Waals surface area (Å²) in [6.45, 7) is 15.0. The number of aryl methyl sites for hydroxylation is 1. The number of hydrogen-bond donors (Lipinski definition) is 2. The number of nitrogens with two attached hydrogens (primary N) is 1. The molecule has 69 heavy (non-hydrogen) atoms. The van der Waals surface area contributed by atoms with Crippen LogP contribution in [-0.4, -0.2) is 147 Å². The highest BCUT2D eigenvalue weighted by atomic mass is 19.1. The van der Waals surface area contributed by atoms with E-state index in [2.05, 4.69) is 15.3 Å². The maximum absolute atomic E-state index is 14.8. The minimum Gasteiger partial charge on any atom is -0.458 e. The lowest BCUT2D eigenvalue weighted by atomic mass is 9.73. The molecule has 18 nitrogen and oxygen atoms in total. The molecule has 380 valence electrons. The summed E-state index contributed by atoms with van der Waals surface area (Å²) in [7, 11) is 4.85. The van der Waals surface area contributed by atoms with Crippen molar-refractivity contribution in [2.45, 2.75) is 154 Å². The summed E-state index contributed by atoms with van der Waals surface area (Å²) < 4.78 is 53.0. The summed E-state index contributed by atoms with van der Waals surface area (Å²) in [4.78, 5) is 61.9. The third-order valence-electron chi connectivity index (χ3n) is 14.9. The topological polar surface area (TPSA) is 220 Å². The van der Waals surface area contributed by atoms with Crippen LogP contribution in [-0.2, 0) is 49.2 Å². The second-order valence-electron chi connectivity index (χ2n) is 19.7. The molecular weight excluding hydrogens is 894 g/mol. The van der Waals surface area contributed by atoms with Crippen molar-refractivity contribution in [3.63, 3.8) is 0 Å². The van der Waals surface area contributed by atoms with Gasteiger partial charge in [-0.3, -0.25) is 19.4 Å². The third-order valence-corrected chi connectivity index (χ3v) is 14.9. The third kappa shape index (κ3) is 11.1. The molecule has 1 unspecified atom stereocenters. The van der Waals surface area contributed by atoms with Crippen LogP contribution in [0.4, 0.5) is 9.18 Å². The van der Waals surface area contributed by atoms with Gasteiger partial charge in [-0.05, 0) is 78.1 Å². The monoisotopic (exact) mass is 966 g/mol. The van der Waals surface area contributed by atoms with Gasteiger partial charge in [-0.25, -0.2) is 24.7 Å². The summed E-state index contributed by atoms with van der Waals surface area (Å²) in [5.41, 5.74) is 1.38. The number of ether oxygens (including phenoxy) is 6. The number of alkyl halides is 1. The first-order valence-corrected chi connectivity index (χ1v) is 23.9. The first-order chi connectivity index (χ1) is 32.6. The number of methoxy groups -OCH3 is 2. The minimum absolute atomic E-state index is 0.0444. The predicted octanol–water partition coefficient (Wildman–Crippen LogP) is 5.54. The van der Waals surface area contributed by atoms with E-state index < -0.39 is 114 Å². The zero-order chi connectivity index (χ0) is 50.7. The van der Waals surface area contributed by atoms with Crippen molar-refractivity contribution >= 4 is 23.6 Å². The molecular formula is C50H72FN7O11. The highest BCUT2D eigenvalue weighted by molar-refractivity contribution is 6.00. The van der Waals surface area contributed by atoms with E-state index in [9.17, 15) is 28.7 Å². The van der Waals surface area contributed by atoms with Crippen LogP contribution in [0.5, 0.6) is 0 Å². The number of esters is 1. The van der Waals surface area contributed by atoms with Crippen LogP contribution in [0.25, 0.3) is 11.1 Å². The lowest BCUT2D eigenvalue weighted by Crippen LogP contribution is -2.61. The highest BCUT2D eigenvalue weighted by Crippen LogP contribution is 2.42. The van der Waals surface area contributed by atoms with Crippen molar-refractivity contribution in [3.8, 4) is 11.1 Å². The van der Waals surface area contributed by atoms with E-state index in [1.807, 2.05) is 68.4 Å². The summed E-state index contributed by atoms with van der Waals surface area (Å²) in [5.74, 6) is 0.671. The van der Waals surface area contributed by atoms with Crippen molar-refractivity contribution in [3.05, 3.63) is 65.7 Å². The van der Waals surface area contributed by atoms with Gasteiger partial charge in [0, 0.05) is 74.6 Å².